The minimum absolute atomic E-state index is 0.205. The van der Waals surface area contributed by atoms with E-state index in [1.807, 2.05) is 13.0 Å². The average molecular weight is 250 g/mol. The second kappa shape index (κ2) is 5.40. The molecular formula is C14H18O4. The number of methoxy groups -OCH3 is 1. The van der Waals surface area contributed by atoms with E-state index >= 15 is 0 Å². The highest BCUT2D eigenvalue weighted by molar-refractivity contribution is 5.77. The van der Waals surface area contributed by atoms with Gasteiger partial charge in [0.2, 0.25) is 0 Å². The van der Waals surface area contributed by atoms with Crippen molar-refractivity contribution in [2.24, 2.45) is 0 Å². The second-order valence-corrected chi connectivity index (χ2v) is 4.64. The first kappa shape index (κ1) is 12.9. The Hall–Kier alpha value is -1.55. The summed E-state index contributed by atoms with van der Waals surface area (Å²) in [5.74, 6) is -0.0951. The van der Waals surface area contributed by atoms with Gasteiger partial charge in [-0.2, -0.15) is 0 Å². The molecule has 1 N–H and O–H groups in total. The second-order valence-electron chi connectivity index (χ2n) is 4.64. The van der Waals surface area contributed by atoms with E-state index in [4.69, 9.17) is 4.74 Å². The highest BCUT2D eigenvalue weighted by atomic mass is 16.5. The standard InChI is InChI=1S/C14H18O4/c1-9-6-7-12(18-10-4-3-5-10)11(8-9)13(15)14(16)17-2/h6-8,10,13,15H,3-5H2,1-2H3. The Bertz CT molecular complexity index is 437. The van der Waals surface area contributed by atoms with Crippen LogP contribution in [0.15, 0.2) is 18.2 Å². The highest BCUT2D eigenvalue weighted by Gasteiger charge is 2.25. The minimum Gasteiger partial charge on any atom is -0.490 e. The minimum atomic E-state index is -1.29. The lowest BCUT2D eigenvalue weighted by atomic mass is 9.96. The Kier molecular flexibility index (Phi) is 3.87. The fourth-order valence-electron chi connectivity index (χ4n) is 1.90. The molecule has 0 aromatic heterocycles. The molecule has 4 nitrogen and oxygen atoms in total. The number of aryl methyl sites for hydroxylation is 1. The van der Waals surface area contributed by atoms with Gasteiger partial charge in [-0.25, -0.2) is 4.79 Å². The van der Waals surface area contributed by atoms with Crippen LogP contribution in [0.25, 0.3) is 0 Å². The fourth-order valence-corrected chi connectivity index (χ4v) is 1.90. The van der Waals surface area contributed by atoms with Gasteiger partial charge in [0.15, 0.2) is 6.10 Å². The Morgan fingerprint density at radius 2 is 2.17 bits per heavy atom. The third-order valence-electron chi connectivity index (χ3n) is 3.23. The topological polar surface area (TPSA) is 55.8 Å². The van der Waals surface area contributed by atoms with Gasteiger partial charge in [-0.15, -0.1) is 0 Å². The molecule has 1 fully saturated rings. The van der Waals surface area contributed by atoms with Crippen molar-refractivity contribution in [1.82, 2.24) is 0 Å². The average Bonchev–Trinajstić information content (AvgIpc) is 2.33. The molecule has 0 aliphatic heterocycles. The molecule has 1 unspecified atom stereocenters. The van der Waals surface area contributed by atoms with E-state index in [2.05, 4.69) is 4.74 Å². The third-order valence-corrected chi connectivity index (χ3v) is 3.23. The predicted octanol–water partition coefficient (Wildman–Crippen LogP) is 2.13. The van der Waals surface area contributed by atoms with Crippen LogP contribution in [0.5, 0.6) is 5.75 Å². The SMILES string of the molecule is COC(=O)C(O)c1cc(C)ccc1OC1CCC1. The molecule has 0 bridgehead atoms. The van der Waals surface area contributed by atoms with E-state index in [1.165, 1.54) is 13.5 Å². The highest BCUT2D eigenvalue weighted by Crippen LogP contribution is 2.32. The molecule has 2 rings (SSSR count). The monoisotopic (exact) mass is 250 g/mol. The maximum atomic E-state index is 11.4. The molecule has 0 saturated heterocycles. The van der Waals surface area contributed by atoms with Crippen LogP contribution >= 0.6 is 0 Å². The van der Waals surface area contributed by atoms with Crippen molar-refractivity contribution in [3.8, 4) is 5.75 Å². The van der Waals surface area contributed by atoms with Crippen molar-refractivity contribution in [1.29, 1.82) is 0 Å². The number of aliphatic hydroxyl groups excluding tert-OH is 1. The van der Waals surface area contributed by atoms with Crippen LogP contribution in [-0.2, 0) is 9.53 Å². The van der Waals surface area contributed by atoms with Gasteiger partial charge in [0.1, 0.15) is 5.75 Å². The largest absolute Gasteiger partial charge is 0.490 e. The van der Waals surface area contributed by atoms with Gasteiger partial charge < -0.3 is 14.6 Å². The molecular weight excluding hydrogens is 232 g/mol. The Balaban J connectivity index is 2.24. The van der Waals surface area contributed by atoms with E-state index in [0.29, 0.717) is 11.3 Å². The van der Waals surface area contributed by atoms with Gasteiger partial charge in [-0.3, -0.25) is 0 Å². The molecule has 1 atom stereocenters. The summed E-state index contributed by atoms with van der Waals surface area (Å²) in [6, 6.07) is 5.46. The maximum Gasteiger partial charge on any atom is 0.339 e. The molecule has 1 aliphatic rings. The number of aliphatic hydroxyl groups is 1. The summed E-state index contributed by atoms with van der Waals surface area (Å²) in [7, 11) is 1.26. The van der Waals surface area contributed by atoms with E-state index in [-0.39, 0.29) is 6.10 Å². The number of hydrogen-bond donors (Lipinski definition) is 1. The molecule has 1 saturated carbocycles. The Morgan fingerprint density at radius 1 is 1.44 bits per heavy atom. The van der Waals surface area contributed by atoms with Gasteiger partial charge in [-0.1, -0.05) is 11.6 Å². The van der Waals surface area contributed by atoms with Crippen molar-refractivity contribution < 1.29 is 19.4 Å². The summed E-state index contributed by atoms with van der Waals surface area (Å²) >= 11 is 0. The van der Waals surface area contributed by atoms with Crippen molar-refractivity contribution in [3.05, 3.63) is 29.3 Å². The summed E-state index contributed by atoms with van der Waals surface area (Å²) < 4.78 is 10.3. The van der Waals surface area contributed by atoms with E-state index < -0.39 is 12.1 Å². The molecule has 0 heterocycles. The lowest BCUT2D eigenvalue weighted by Gasteiger charge is -2.28. The molecule has 1 aromatic rings. The van der Waals surface area contributed by atoms with E-state index in [1.54, 1.807) is 12.1 Å². The van der Waals surface area contributed by atoms with Crippen molar-refractivity contribution >= 4 is 5.97 Å². The van der Waals surface area contributed by atoms with Gasteiger partial charge in [0.25, 0.3) is 0 Å². The number of esters is 1. The zero-order valence-electron chi connectivity index (χ0n) is 10.7. The normalized spacial score (nSPS) is 16.8. The molecule has 4 heteroatoms. The van der Waals surface area contributed by atoms with Gasteiger partial charge in [0.05, 0.1) is 13.2 Å². The lowest BCUT2D eigenvalue weighted by Crippen LogP contribution is -2.26. The number of ether oxygens (including phenoxy) is 2. The maximum absolute atomic E-state index is 11.4. The van der Waals surface area contributed by atoms with Crippen molar-refractivity contribution in [2.75, 3.05) is 7.11 Å². The quantitative estimate of drug-likeness (QED) is 0.832. The smallest absolute Gasteiger partial charge is 0.339 e. The number of carbonyl (C=O) groups excluding carboxylic acids is 1. The Labute approximate surface area is 107 Å². The first-order valence-electron chi connectivity index (χ1n) is 6.15. The molecule has 18 heavy (non-hydrogen) atoms. The van der Waals surface area contributed by atoms with Gasteiger partial charge in [-0.05, 0) is 38.3 Å². The van der Waals surface area contributed by atoms with Crippen LogP contribution in [0.3, 0.4) is 0 Å². The van der Waals surface area contributed by atoms with Crippen molar-refractivity contribution in [3.63, 3.8) is 0 Å². The molecule has 0 amide bonds. The van der Waals surface area contributed by atoms with Gasteiger partial charge in [0, 0.05) is 5.56 Å². The zero-order chi connectivity index (χ0) is 13.1. The molecule has 98 valence electrons. The van der Waals surface area contributed by atoms with Crippen LogP contribution in [0, 0.1) is 6.92 Å². The summed E-state index contributed by atoms with van der Waals surface area (Å²) in [5.41, 5.74) is 1.45. The van der Waals surface area contributed by atoms with Crippen LogP contribution in [0.4, 0.5) is 0 Å². The summed E-state index contributed by atoms with van der Waals surface area (Å²) in [6.45, 7) is 1.90. The number of hydrogen-bond acceptors (Lipinski definition) is 4. The predicted molar refractivity (Wildman–Crippen MR) is 66.4 cm³/mol. The Morgan fingerprint density at radius 3 is 2.72 bits per heavy atom. The van der Waals surface area contributed by atoms with Crippen molar-refractivity contribution in [2.45, 2.75) is 38.4 Å². The first-order chi connectivity index (χ1) is 8.61. The number of carbonyl (C=O) groups is 1. The number of benzene rings is 1. The summed E-state index contributed by atoms with van der Waals surface area (Å²) in [4.78, 5) is 11.4. The molecule has 1 aromatic carbocycles. The number of rotatable bonds is 4. The zero-order valence-corrected chi connectivity index (χ0v) is 10.7. The summed E-state index contributed by atoms with van der Waals surface area (Å²) in [5, 5.41) is 9.94. The van der Waals surface area contributed by atoms with E-state index in [0.717, 1.165) is 18.4 Å². The van der Waals surface area contributed by atoms with Crippen LogP contribution in [-0.4, -0.2) is 24.3 Å². The van der Waals surface area contributed by atoms with E-state index in [9.17, 15) is 9.90 Å². The third kappa shape index (κ3) is 2.64. The van der Waals surface area contributed by atoms with Gasteiger partial charge >= 0.3 is 5.97 Å². The van der Waals surface area contributed by atoms with Crippen LogP contribution in [0.1, 0.15) is 36.5 Å². The summed E-state index contributed by atoms with van der Waals surface area (Å²) in [6.07, 6.45) is 2.15. The lowest BCUT2D eigenvalue weighted by molar-refractivity contribution is -0.150. The molecule has 0 spiro atoms. The first-order valence-corrected chi connectivity index (χ1v) is 6.15. The molecule has 0 radical (unpaired) electrons. The fraction of sp³-hybridized carbons (Fsp3) is 0.500. The molecule has 1 aliphatic carbocycles. The van der Waals surface area contributed by atoms with Crippen LogP contribution < -0.4 is 4.74 Å². The van der Waals surface area contributed by atoms with Crippen LogP contribution in [0.2, 0.25) is 0 Å².